The van der Waals surface area contributed by atoms with Gasteiger partial charge in [-0.3, -0.25) is 9.59 Å². The van der Waals surface area contributed by atoms with Crippen LogP contribution in [0.3, 0.4) is 0 Å². The van der Waals surface area contributed by atoms with Gasteiger partial charge in [0.05, 0.1) is 8.42 Å². The van der Waals surface area contributed by atoms with Crippen LogP contribution in [0.4, 0.5) is 0 Å². The van der Waals surface area contributed by atoms with Gasteiger partial charge < -0.3 is 9.47 Å². The van der Waals surface area contributed by atoms with E-state index < -0.39 is 0 Å². The van der Waals surface area contributed by atoms with Crippen LogP contribution in [0.15, 0.2) is 31.7 Å². The van der Waals surface area contributed by atoms with Gasteiger partial charge in [-0.25, -0.2) is 0 Å². The highest BCUT2D eigenvalue weighted by Gasteiger charge is 2.61. The average Bonchev–Trinajstić information content (AvgIpc) is 4.24. The number of hydrogen-bond acceptors (Lipinski definition) is 9. The molecule has 0 radical (unpaired) electrons. The van der Waals surface area contributed by atoms with E-state index in [2.05, 4.69) is 81.4 Å². The van der Waals surface area contributed by atoms with Crippen LogP contribution < -0.4 is 0 Å². The molecular formula is C71H114O4S5. The van der Waals surface area contributed by atoms with Gasteiger partial charge in [-0.05, 0) is 220 Å². The van der Waals surface area contributed by atoms with E-state index in [0.717, 1.165) is 163 Å². The lowest BCUT2D eigenvalue weighted by molar-refractivity contribution is -0.152. The van der Waals surface area contributed by atoms with E-state index in [1.807, 2.05) is 23.5 Å². The monoisotopic (exact) mass is 1190 g/mol. The summed E-state index contributed by atoms with van der Waals surface area (Å²) in [6.45, 7) is 25.3. The van der Waals surface area contributed by atoms with Gasteiger partial charge in [-0.1, -0.05) is 169 Å². The molecule has 1 aromatic rings. The standard InChI is InChI=1S/C71H114O4S5/c1-47(2)21-19-23-49(5)57-31-33-59-55-29-27-51-45-53(35-39-68(51,7)61(55)37-41-70(57,59)9)74-63(72)25-15-11-13-17-43-77-65-66(80-67(76)79-65)78-44-18-14-12-16-26-64(73)75-54-36-40-69(8)52(46-54)28-30-56-60-34-32-58(50(6)24-20-22-48(3)4)71(60,10)42-38-62(56)69/h27-28,47-50,53-62H,11-26,29-46H2,1-10H3/t49-,50-,53?,54?,55+,56+,57-,58-,59+,60+,61+,62+,68+,69+,70-,71-/m1/s1. The third-order valence-electron chi connectivity index (χ3n) is 24.7. The van der Waals surface area contributed by atoms with Crippen molar-refractivity contribution in [1.29, 1.82) is 0 Å². The molecule has 80 heavy (non-hydrogen) atoms. The van der Waals surface area contributed by atoms with E-state index >= 15 is 0 Å². The van der Waals surface area contributed by atoms with Crippen molar-refractivity contribution >= 4 is 70.4 Å². The van der Waals surface area contributed by atoms with Crippen LogP contribution in [-0.2, 0) is 19.1 Å². The maximum absolute atomic E-state index is 13.2. The molecule has 0 saturated heterocycles. The van der Waals surface area contributed by atoms with Gasteiger partial charge >= 0.3 is 11.9 Å². The first kappa shape index (κ1) is 63.9. The number of esters is 2. The van der Waals surface area contributed by atoms with E-state index in [9.17, 15) is 9.59 Å². The molecule has 0 aromatic carbocycles. The number of rotatable bonds is 28. The highest BCUT2D eigenvalue weighted by atomic mass is 32.2. The Hall–Kier alpha value is -0.610. The lowest BCUT2D eigenvalue weighted by Crippen LogP contribution is -2.51. The van der Waals surface area contributed by atoms with E-state index in [1.165, 1.54) is 124 Å². The highest BCUT2D eigenvalue weighted by molar-refractivity contribution is 8.05. The van der Waals surface area contributed by atoms with Crippen molar-refractivity contribution in [1.82, 2.24) is 0 Å². The van der Waals surface area contributed by atoms with Crippen LogP contribution in [0.2, 0.25) is 0 Å². The number of unbranched alkanes of at least 4 members (excludes halogenated alkanes) is 6. The van der Waals surface area contributed by atoms with Gasteiger partial charge in [0.25, 0.3) is 0 Å². The van der Waals surface area contributed by atoms with E-state index in [-0.39, 0.29) is 24.1 Å². The molecule has 0 bridgehead atoms. The summed E-state index contributed by atoms with van der Waals surface area (Å²) < 4.78 is 16.3. The first-order valence-corrected chi connectivity index (χ1v) is 38.0. The molecule has 6 saturated carbocycles. The molecule has 0 N–H and O–H groups in total. The van der Waals surface area contributed by atoms with Gasteiger partial charge in [0.1, 0.15) is 15.3 Å². The minimum Gasteiger partial charge on any atom is -0.462 e. The lowest BCUT2D eigenvalue weighted by Gasteiger charge is -2.58. The number of thioether (sulfide) groups is 2. The van der Waals surface area contributed by atoms with Crippen molar-refractivity contribution in [3.63, 3.8) is 0 Å². The zero-order chi connectivity index (χ0) is 56.8. The quantitative estimate of drug-likeness (QED) is 0.0272. The van der Waals surface area contributed by atoms with Gasteiger partial charge in [-0.15, -0.1) is 46.2 Å². The van der Waals surface area contributed by atoms with E-state index in [0.29, 0.717) is 34.5 Å². The van der Waals surface area contributed by atoms with Crippen molar-refractivity contribution in [2.45, 2.75) is 295 Å². The maximum Gasteiger partial charge on any atom is 0.306 e. The fourth-order valence-corrected chi connectivity index (χ4v) is 26.5. The lowest BCUT2D eigenvalue weighted by atomic mass is 9.47. The van der Waals surface area contributed by atoms with Crippen molar-refractivity contribution in [2.24, 2.45) is 92.7 Å². The molecule has 9 rings (SSSR count). The van der Waals surface area contributed by atoms with Crippen LogP contribution >= 0.6 is 58.4 Å². The number of ether oxygens (including phenoxy) is 2. The Balaban J connectivity index is 0.603. The summed E-state index contributed by atoms with van der Waals surface area (Å²) in [5.74, 6) is 12.5. The Morgan fingerprint density at radius 1 is 0.525 bits per heavy atom. The SMILES string of the molecule is CC(C)CCC[C@@H](C)[C@H]1CC[C@H]2[C@@H]3CC=C4CC(OC(=O)CCCCCCSc5sc(=S)sc5SCCCCCCC(=O)OC5CC[C@@]6(C)C(=CC[C@H]7[C@@H]8CC[C@H]([C@H](C)CCCC(C)C)[C@@]8(C)CC[C@@H]76)C5)CC[C@]4(C)[C@H]3CC[C@]12C. The Bertz CT molecular complexity index is 2160. The molecule has 8 aliphatic rings. The average molecular weight is 1190 g/mol. The van der Waals surface area contributed by atoms with Crippen molar-refractivity contribution in [3.8, 4) is 0 Å². The molecule has 0 amide bonds. The minimum absolute atomic E-state index is 0.0231. The zero-order valence-electron chi connectivity index (χ0n) is 52.5. The second kappa shape index (κ2) is 28.5. The Kier molecular flexibility index (Phi) is 22.7. The second-order valence-corrected chi connectivity index (χ2v) is 36.3. The summed E-state index contributed by atoms with van der Waals surface area (Å²) in [6, 6.07) is 0. The fraction of sp³-hybridized carbons (Fsp3) is 0.873. The predicted octanol–water partition coefficient (Wildman–Crippen LogP) is 22.5. The number of allylic oxidation sites excluding steroid dienone is 2. The van der Waals surface area contributed by atoms with E-state index in [1.54, 1.807) is 33.8 Å². The van der Waals surface area contributed by atoms with Crippen LogP contribution in [0.5, 0.6) is 0 Å². The molecule has 0 aliphatic heterocycles. The predicted molar refractivity (Wildman–Crippen MR) is 347 cm³/mol. The number of fused-ring (bicyclic) bond motifs is 10. The Morgan fingerprint density at radius 2 is 0.938 bits per heavy atom. The first-order valence-electron chi connectivity index (χ1n) is 34.0. The van der Waals surface area contributed by atoms with Gasteiger partial charge in [0.2, 0.25) is 0 Å². The molecule has 6 fully saturated rings. The normalized spacial score (nSPS) is 36.2. The zero-order valence-corrected chi connectivity index (χ0v) is 56.5. The smallest absolute Gasteiger partial charge is 0.306 e. The van der Waals surface area contributed by atoms with Crippen LogP contribution in [0.1, 0.15) is 275 Å². The molecule has 16 atom stereocenters. The molecule has 0 spiro atoms. The largest absolute Gasteiger partial charge is 0.462 e. The molecule has 1 aromatic heterocycles. The molecule has 4 nitrogen and oxygen atoms in total. The topological polar surface area (TPSA) is 52.6 Å². The van der Waals surface area contributed by atoms with Crippen molar-refractivity contribution in [2.75, 3.05) is 11.5 Å². The summed E-state index contributed by atoms with van der Waals surface area (Å²) in [5.41, 5.74) is 4.89. The van der Waals surface area contributed by atoms with Gasteiger partial charge in [-0.2, -0.15) is 0 Å². The maximum atomic E-state index is 13.2. The number of carbonyl (C=O) groups excluding carboxylic acids is 2. The highest BCUT2D eigenvalue weighted by Crippen LogP contribution is 2.69. The third kappa shape index (κ3) is 14.7. The van der Waals surface area contributed by atoms with Crippen LogP contribution in [0.25, 0.3) is 0 Å². The van der Waals surface area contributed by atoms with Crippen LogP contribution in [0, 0.1) is 95.8 Å². The van der Waals surface area contributed by atoms with E-state index in [4.69, 9.17) is 21.7 Å². The van der Waals surface area contributed by atoms with Gasteiger partial charge in [0.15, 0.2) is 0 Å². The molecular weight excluding hydrogens is 1080 g/mol. The molecule has 1 heterocycles. The van der Waals surface area contributed by atoms with Crippen LogP contribution in [-0.4, -0.2) is 35.7 Å². The molecule has 452 valence electrons. The first-order chi connectivity index (χ1) is 38.3. The number of hydrogen-bond donors (Lipinski definition) is 0. The minimum atomic E-state index is 0.0231. The summed E-state index contributed by atoms with van der Waals surface area (Å²) >= 11 is 13.2. The fourth-order valence-electron chi connectivity index (χ4n) is 20.2. The molecule has 9 heteroatoms. The summed E-state index contributed by atoms with van der Waals surface area (Å²) in [4.78, 5) is 26.3. The van der Waals surface area contributed by atoms with Gasteiger partial charge in [0, 0.05) is 25.7 Å². The molecule has 8 aliphatic carbocycles. The summed E-state index contributed by atoms with van der Waals surface area (Å²) in [5, 5.41) is 0. The van der Waals surface area contributed by atoms with Crippen molar-refractivity contribution < 1.29 is 19.1 Å². The Labute approximate surface area is 511 Å². The summed E-state index contributed by atoms with van der Waals surface area (Å²) in [7, 11) is 0. The third-order valence-corrected chi connectivity index (χ3v) is 30.4. The second-order valence-electron chi connectivity index (χ2n) is 30.3. The number of carbonyl (C=O) groups is 2. The Morgan fingerprint density at radius 3 is 1.35 bits per heavy atom. The molecule has 2 unspecified atom stereocenters. The summed E-state index contributed by atoms with van der Waals surface area (Å²) in [6.07, 6.45) is 43.9. The van der Waals surface area contributed by atoms with Crippen molar-refractivity contribution in [3.05, 3.63) is 26.4 Å².